The van der Waals surface area contributed by atoms with Gasteiger partial charge in [-0.3, -0.25) is 20.1 Å². The standard InChI is InChI=1S/C31H38N6O3/c1-4-34-31(35-24-16-18-37(19-24)28(38)11-8-17-36(3)25-20-39-21-25)29(22(2)32)30(33)23-12-14-27(15-13-23)40-26-9-6-5-7-10-26/h4-15,24-25,33H,1,16-21,32H2,2-3H3,(H,34,35)/b11-8+,29-22+,33-30?. The quantitative estimate of drug-likeness (QED) is 0.227. The molecule has 0 spiro atoms. The fraction of sp³-hybridized carbons (Fsp3) is 0.323. The van der Waals surface area contributed by atoms with Crippen LogP contribution in [0.4, 0.5) is 0 Å². The molecular weight excluding hydrogens is 504 g/mol. The number of aliphatic imine (C=N–C) groups is 1. The first-order valence-electron chi connectivity index (χ1n) is 13.4. The van der Waals surface area contributed by atoms with Gasteiger partial charge in [-0.1, -0.05) is 30.9 Å². The van der Waals surface area contributed by atoms with Crippen LogP contribution in [0.3, 0.4) is 0 Å². The van der Waals surface area contributed by atoms with E-state index >= 15 is 0 Å². The van der Waals surface area contributed by atoms with Crippen molar-refractivity contribution in [1.29, 1.82) is 5.41 Å². The third-order valence-electron chi connectivity index (χ3n) is 6.93. The normalized spacial score (nSPS) is 18.4. The van der Waals surface area contributed by atoms with Gasteiger partial charge in [0.05, 0.1) is 36.6 Å². The number of hydrogen-bond donors (Lipinski definition) is 3. The molecule has 40 heavy (non-hydrogen) atoms. The lowest BCUT2D eigenvalue weighted by Crippen LogP contribution is -2.47. The van der Waals surface area contributed by atoms with Crippen molar-refractivity contribution in [3.8, 4) is 11.5 Å². The van der Waals surface area contributed by atoms with Crippen LogP contribution in [0, 0.1) is 5.41 Å². The Bertz CT molecular complexity index is 1280. The van der Waals surface area contributed by atoms with E-state index in [0.717, 1.165) is 25.4 Å². The number of likely N-dealkylation sites (tertiary alicyclic amines) is 1. The summed E-state index contributed by atoms with van der Waals surface area (Å²) in [6.45, 7) is 8.84. The van der Waals surface area contributed by atoms with E-state index in [9.17, 15) is 4.79 Å². The average Bonchev–Trinajstić information content (AvgIpc) is 3.37. The summed E-state index contributed by atoms with van der Waals surface area (Å²) in [6, 6.07) is 17.1. The van der Waals surface area contributed by atoms with Gasteiger partial charge in [0.15, 0.2) is 0 Å². The first-order chi connectivity index (χ1) is 19.4. The van der Waals surface area contributed by atoms with Gasteiger partial charge in [-0.2, -0.15) is 0 Å². The van der Waals surface area contributed by atoms with E-state index < -0.39 is 0 Å². The highest BCUT2D eigenvalue weighted by Crippen LogP contribution is 2.23. The molecule has 1 atom stereocenters. The van der Waals surface area contributed by atoms with E-state index in [1.54, 1.807) is 17.9 Å². The minimum absolute atomic E-state index is 0.0227. The molecule has 2 heterocycles. The topological polar surface area (TPSA) is 116 Å². The molecule has 1 amide bonds. The fourth-order valence-electron chi connectivity index (χ4n) is 4.51. The molecule has 9 nitrogen and oxygen atoms in total. The van der Waals surface area contributed by atoms with E-state index in [0.29, 0.717) is 54.1 Å². The van der Waals surface area contributed by atoms with Gasteiger partial charge < -0.3 is 25.4 Å². The predicted octanol–water partition coefficient (Wildman–Crippen LogP) is 3.70. The van der Waals surface area contributed by atoms with E-state index in [-0.39, 0.29) is 17.7 Å². The Kier molecular flexibility index (Phi) is 9.88. The summed E-state index contributed by atoms with van der Waals surface area (Å²) >= 11 is 0. The van der Waals surface area contributed by atoms with Gasteiger partial charge in [0.2, 0.25) is 5.91 Å². The molecular formula is C31H38N6O3. The number of para-hydroxylation sites is 1. The van der Waals surface area contributed by atoms with Crippen LogP contribution in [0.1, 0.15) is 18.9 Å². The van der Waals surface area contributed by atoms with E-state index in [1.165, 1.54) is 6.20 Å². The highest BCUT2D eigenvalue weighted by Gasteiger charge is 2.27. The smallest absolute Gasteiger partial charge is 0.246 e. The Hall–Kier alpha value is -4.21. The van der Waals surface area contributed by atoms with Gasteiger partial charge in [-0.15, -0.1) is 0 Å². The van der Waals surface area contributed by atoms with E-state index in [4.69, 9.17) is 25.6 Å². The van der Waals surface area contributed by atoms with Crippen LogP contribution in [-0.2, 0) is 9.53 Å². The molecule has 2 aliphatic rings. The number of ether oxygens (including phenoxy) is 2. The van der Waals surface area contributed by atoms with Crippen LogP contribution in [0.25, 0.3) is 0 Å². The highest BCUT2D eigenvalue weighted by molar-refractivity contribution is 6.29. The fourth-order valence-corrected chi connectivity index (χ4v) is 4.51. The van der Waals surface area contributed by atoms with Gasteiger partial charge in [-0.05, 0) is 63.0 Å². The second kappa shape index (κ2) is 13.7. The monoisotopic (exact) mass is 542 g/mol. The van der Waals surface area contributed by atoms with Crippen molar-refractivity contribution >= 4 is 17.5 Å². The summed E-state index contributed by atoms with van der Waals surface area (Å²) in [5.41, 5.74) is 8.12. The maximum absolute atomic E-state index is 12.8. The second-order valence-corrected chi connectivity index (χ2v) is 9.96. The van der Waals surface area contributed by atoms with Crippen LogP contribution in [0.2, 0.25) is 0 Å². The lowest BCUT2D eigenvalue weighted by molar-refractivity contribution is -0.125. The molecule has 4 rings (SSSR count). The van der Waals surface area contributed by atoms with Crippen molar-refractivity contribution in [2.75, 3.05) is 39.9 Å². The molecule has 2 aromatic carbocycles. The summed E-state index contributed by atoms with van der Waals surface area (Å²) in [6.07, 6.45) is 5.78. The van der Waals surface area contributed by atoms with Gasteiger partial charge in [0.1, 0.15) is 17.3 Å². The molecule has 2 aliphatic heterocycles. The average molecular weight is 543 g/mol. The summed E-state index contributed by atoms with van der Waals surface area (Å²) < 4.78 is 11.1. The molecule has 2 saturated heterocycles. The number of nitrogens with one attached hydrogen (secondary N) is 2. The number of nitrogens with zero attached hydrogens (tertiary/aromatic N) is 3. The summed E-state index contributed by atoms with van der Waals surface area (Å²) in [5.74, 6) is 1.85. The highest BCUT2D eigenvalue weighted by atomic mass is 16.5. The zero-order valence-corrected chi connectivity index (χ0v) is 23.2. The number of likely N-dealkylation sites (N-methyl/N-ethyl adjacent to an activating group) is 1. The van der Waals surface area contributed by atoms with Gasteiger partial charge in [0, 0.05) is 37.0 Å². The van der Waals surface area contributed by atoms with Crippen molar-refractivity contribution in [1.82, 2.24) is 15.1 Å². The lowest BCUT2D eigenvalue weighted by Gasteiger charge is -2.33. The molecule has 210 valence electrons. The number of allylic oxidation sites excluding steroid dienone is 1. The largest absolute Gasteiger partial charge is 0.457 e. The number of amides is 1. The zero-order valence-electron chi connectivity index (χ0n) is 23.2. The number of carbonyl (C=O) groups excluding carboxylic acids is 1. The van der Waals surface area contributed by atoms with Crippen molar-refractivity contribution in [3.05, 3.63) is 96.4 Å². The molecule has 2 fully saturated rings. The molecule has 0 radical (unpaired) electrons. The zero-order chi connectivity index (χ0) is 28.5. The minimum atomic E-state index is -0.126. The molecule has 0 aromatic heterocycles. The first-order valence-corrected chi connectivity index (χ1v) is 13.4. The number of hydrogen-bond acceptors (Lipinski definition) is 7. The summed E-state index contributed by atoms with van der Waals surface area (Å²) in [5, 5.41) is 12.0. The molecule has 1 unspecified atom stereocenters. The molecule has 9 heteroatoms. The van der Waals surface area contributed by atoms with Gasteiger partial charge in [-0.25, -0.2) is 0 Å². The Morgan fingerprint density at radius 2 is 1.93 bits per heavy atom. The van der Waals surface area contributed by atoms with E-state index in [2.05, 4.69) is 16.8 Å². The number of benzene rings is 2. The van der Waals surface area contributed by atoms with Crippen molar-refractivity contribution in [2.24, 2.45) is 10.7 Å². The third-order valence-corrected chi connectivity index (χ3v) is 6.93. The van der Waals surface area contributed by atoms with Crippen molar-refractivity contribution in [3.63, 3.8) is 0 Å². The Morgan fingerprint density at radius 1 is 1.23 bits per heavy atom. The molecule has 4 N–H and O–H groups in total. The lowest BCUT2D eigenvalue weighted by atomic mass is 9.99. The number of nitrogens with two attached hydrogens (primary N) is 1. The third kappa shape index (κ3) is 7.46. The summed E-state index contributed by atoms with van der Waals surface area (Å²) in [7, 11) is 2.03. The molecule has 0 saturated carbocycles. The number of carbonyl (C=O) groups is 1. The van der Waals surface area contributed by atoms with Crippen LogP contribution in [-0.4, -0.2) is 79.2 Å². The Balaban J connectivity index is 1.41. The van der Waals surface area contributed by atoms with Crippen LogP contribution < -0.4 is 15.8 Å². The van der Waals surface area contributed by atoms with Crippen molar-refractivity contribution < 1.29 is 14.3 Å². The van der Waals surface area contributed by atoms with Crippen LogP contribution in [0.15, 0.2) is 95.8 Å². The van der Waals surface area contributed by atoms with Crippen LogP contribution >= 0.6 is 0 Å². The number of amidine groups is 1. The second-order valence-electron chi connectivity index (χ2n) is 9.96. The maximum Gasteiger partial charge on any atom is 0.246 e. The van der Waals surface area contributed by atoms with Crippen molar-refractivity contribution in [2.45, 2.75) is 25.4 Å². The first kappa shape index (κ1) is 28.8. The SMILES string of the molecule is C=CNC(=NC1CCN(C(=O)/C=C/CN(C)C2COC2)C1)/C(C(=N)c1ccc(Oc2ccccc2)cc1)=C(\C)N. The van der Waals surface area contributed by atoms with Crippen LogP contribution in [0.5, 0.6) is 11.5 Å². The molecule has 2 aromatic rings. The Labute approximate surface area is 236 Å². The predicted molar refractivity (Wildman–Crippen MR) is 159 cm³/mol. The Morgan fingerprint density at radius 3 is 2.55 bits per heavy atom. The van der Waals surface area contributed by atoms with E-state index in [1.807, 2.05) is 67.7 Å². The molecule has 0 aliphatic carbocycles. The maximum atomic E-state index is 12.8. The van der Waals surface area contributed by atoms with Gasteiger partial charge in [0.25, 0.3) is 0 Å². The molecule has 0 bridgehead atoms. The minimum Gasteiger partial charge on any atom is -0.457 e. The summed E-state index contributed by atoms with van der Waals surface area (Å²) in [4.78, 5) is 21.6. The number of rotatable bonds is 11. The van der Waals surface area contributed by atoms with Gasteiger partial charge >= 0.3 is 0 Å².